The number of anilines is 1. The molecule has 0 aromatic heterocycles. The van der Waals surface area contributed by atoms with Crippen LogP contribution < -0.4 is 10.5 Å². The van der Waals surface area contributed by atoms with Crippen LogP contribution in [0.2, 0.25) is 0 Å². The maximum absolute atomic E-state index is 12.4. The molecule has 9 heteroatoms. The average Bonchev–Trinajstić information content (AvgIpc) is 2.71. The lowest BCUT2D eigenvalue weighted by Crippen LogP contribution is -2.30. The molecule has 1 unspecified atom stereocenters. The molecule has 0 saturated carbocycles. The van der Waals surface area contributed by atoms with Gasteiger partial charge in [-0.05, 0) is 43.7 Å². The number of nitrogens with one attached hydrogen (secondary N) is 1. The van der Waals surface area contributed by atoms with Crippen molar-refractivity contribution in [3.63, 3.8) is 0 Å². The lowest BCUT2D eigenvalue weighted by molar-refractivity contribution is -0.131. The Morgan fingerprint density at radius 1 is 1.10 bits per heavy atom. The first-order valence-electron chi connectivity index (χ1n) is 9.40. The van der Waals surface area contributed by atoms with Gasteiger partial charge in [0.2, 0.25) is 21.8 Å². The predicted molar refractivity (Wildman–Crippen MR) is 121 cm³/mol. The molecule has 2 amide bonds. The van der Waals surface area contributed by atoms with Crippen LogP contribution in [-0.2, 0) is 19.6 Å². The summed E-state index contributed by atoms with van der Waals surface area (Å²) < 4.78 is 22.7. The molecule has 0 heterocycles. The van der Waals surface area contributed by atoms with Gasteiger partial charge in [-0.1, -0.05) is 29.8 Å². The number of sulfonamides is 1. The van der Waals surface area contributed by atoms with Gasteiger partial charge in [-0.25, -0.2) is 13.6 Å². The summed E-state index contributed by atoms with van der Waals surface area (Å²) in [5.74, 6) is 0.647. The Morgan fingerprint density at radius 2 is 1.70 bits per heavy atom. The fourth-order valence-electron chi connectivity index (χ4n) is 2.71. The fourth-order valence-corrected chi connectivity index (χ4v) is 3.95. The summed E-state index contributed by atoms with van der Waals surface area (Å²) >= 11 is 1.40. The normalized spacial score (nSPS) is 12.3. The minimum atomic E-state index is -3.74. The zero-order chi connectivity index (χ0) is 22.3. The van der Waals surface area contributed by atoms with Gasteiger partial charge in [0.1, 0.15) is 0 Å². The maximum Gasteiger partial charge on any atom is 0.238 e. The molecular weight excluding hydrogens is 422 g/mol. The summed E-state index contributed by atoms with van der Waals surface area (Å²) in [5, 5.41) is 7.93. The molecule has 7 nitrogen and oxygen atoms in total. The zero-order valence-electron chi connectivity index (χ0n) is 17.3. The van der Waals surface area contributed by atoms with Crippen molar-refractivity contribution in [2.45, 2.75) is 31.2 Å². The Labute approximate surface area is 182 Å². The molecule has 0 saturated heterocycles. The highest BCUT2D eigenvalue weighted by Gasteiger charge is 2.18. The summed E-state index contributed by atoms with van der Waals surface area (Å²) in [7, 11) is -2.04. The summed E-state index contributed by atoms with van der Waals surface area (Å²) in [6.07, 6.45) is 0.304. The Balaban J connectivity index is 1.77. The van der Waals surface area contributed by atoms with E-state index < -0.39 is 10.0 Å². The van der Waals surface area contributed by atoms with Crippen molar-refractivity contribution in [2.75, 3.05) is 23.9 Å². The highest BCUT2D eigenvalue weighted by molar-refractivity contribution is 7.99. The van der Waals surface area contributed by atoms with Crippen molar-refractivity contribution in [3.8, 4) is 0 Å². The average molecular weight is 450 g/mol. The number of hydrogen-bond donors (Lipinski definition) is 2. The van der Waals surface area contributed by atoms with Crippen LogP contribution in [0, 0.1) is 6.92 Å². The number of nitrogens with zero attached hydrogens (tertiary/aromatic N) is 1. The molecule has 30 heavy (non-hydrogen) atoms. The van der Waals surface area contributed by atoms with Gasteiger partial charge in [-0.15, -0.1) is 0 Å². The van der Waals surface area contributed by atoms with Crippen LogP contribution in [0.1, 0.15) is 30.5 Å². The van der Waals surface area contributed by atoms with Crippen LogP contribution in [0.25, 0.3) is 0 Å². The summed E-state index contributed by atoms with van der Waals surface area (Å²) in [4.78, 5) is 26.1. The second-order valence-electron chi connectivity index (χ2n) is 7.01. The van der Waals surface area contributed by atoms with Crippen molar-refractivity contribution in [1.82, 2.24) is 4.90 Å². The standard InChI is InChI=1S/C21H27N3O4S2/c1-15-4-8-18(9-5-15)23-20(25)14-29-13-12-21(26)24(3)16(2)17-6-10-19(11-7-17)30(22,27)28/h4-11,16H,12-14H2,1-3H3,(H,23,25)(H2,22,27,28). The smallest absolute Gasteiger partial charge is 0.238 e. The third-order valence-corrected chi connectivity index (χ3v) is 6.58. The first kappa shape index (κ1) is 23.9. The number of carbonyl (C=O) groups excluding carboxylic acids is 2. The topological polar surface area (TPSA) is 110 Å². The van der Waals surface area contributed by atoms with Crippen molar-refractivity contribution in [1.29, 1.82) is 0 Å². The van der Waals surface area contributed by atoms with Crippen molar-refractivity contribution in [3.05, 3.63) is 59.7 Å². The Morgan fingerprint density at radius 3 is 2.27 bits per heavy atom. The van der Waals surface area contributed by atoms with E-state index in [1.165, 1.54) is 23.9 Å². The fraction of sp³-hybridized carbons (Fsp3) is 0.333. The molecule has 162 valence electrons. The second-order valence-corrected chi connectivity index (χ2v) is 9.68. The molecule has 3 N–H and O–H groups in total. The van der Waals surface area contributed by atoms with E-state index in [2.05, 4.69) is 5.32 Å². The van der Waals surface area contributed by atoms with E-state index in [1.54, 1.807) is 24.1 Å². The number of thioether (sulfide) groups is 1. The molecule has 0 spiro atoms. The molecular formula is C21H27N3O4S2. The molecule has 2 aromatic rings. The van der Waals surface area contributed by atoms with Crippen molar-refractivity contribution < 1.29 is 18.0 Å². The first-order valence-corrected chi connectivity index (χ1v) is 12.1. The number of nitrogens with two attached hydrogens (primary N) is 1. The molecule has 1 atom stereocenters. The summed E-state index contributed by atoms with van der Waals surface area (Å²) in [6.45, 7) is 3.85. The van der Waals surface area contributed by atoms with Gasteiger partial charge in [-0.2, -0.15) is 11.8 Å². The van der Waals surface area contributed by atoms with Crippen LogP contribution in [0.3, 0.4) is 0 Å². The highest BCUT2D eigenvalue weighted by Crippen LogP contribution is 2.21. The highest BCUT2D eigenvalue weighted by atomic mass is 32.2. The van der Waals surface area contributed by atoms with E-state index >= 15 is 0 Å². The van der Waals surface area contributed by atoms with Crippen LogP contribution in [-0.4, -0.2) is 43.7 Å². The third-order valence-electron chi connectivity index (χ3n) is 4.69. The van der Waals surface area contributed by atoms with E-state index in [-0.39, 0.29) is 28.5 Å². The molecule has 0 aliphatic carbocycles. The third kappa shape index (κ3) is 7.16. The largest absolute Gasteiger partial charge is 0.339 e. The van der Waals surface area contributed by atoms with Gasteiger partial charge < -0.3 is 10.2 Å². The number of carbonyl (C=O) groups is 2. The number of aryl methyl sites for hydroxylation is 1. The second kappa shape index (κ2) is 10.6. The van der Waals surface area contributed by atoms with Gasteiger partial charge >= 0.3 is 0 Å². The van der Waals surface area contributed by atoms with Crippen LogP contribution in [0.15, 0.2) is 53.4 Å². The molecule has 0 aliphatic rings. The molecule has 2 aromatic carbocycles. The molecule has 0 aliphatic heterocycles. The number of amides is 2. The molecule has 0 radical (unpaired) electrons. The Hall–Kier alpha value is -2.36. The number of primary sulfonamides is 1. The van der Waals surface area contributed by atoms with Crippen molar-refractivity contribution in [2.24, 2.45) is 5.14 Å². The summed E-state index contributed by atoms with van der Waals surface area (Å²) in [5.41, 5.74) is 2.69. The Kier molecular flexibility index (Phi) is 8.45. The summed E-state index contributed by atoms with van der Waals surface area (Å²) in [6, 6.07) is 13.5. The lowest BCUT2D eigenvalue weighted by Gasteiger charge is -2.25. The van der Waals surface area contributed by atoms with E-state index in [9.17, 15) is 18.0 Å². The van der Waals surface area contributed by atoms with Gasteiger partial charge in [0.15, 0.2) is 0 Å². The van der Waals surface area contributed by atoms with E-state index in [0.29, 0.717) is 12.2 Å². The monoisotopic (exact) mass is 449 g/mol. The predicted octanol–water partition coefficient (Wildman–Crippen LogP) is 2.92. The van der Waals surface area contributed by atoms with Crippen LogP contribution in [0.5, 0.6) is 0 Å². The molecule has 0 fully saturated rings. The lowest BCUT2D eigenvalue weighted by atomic mass is 10.1. The molecule has 0 bridgehead atoms. The number of hydrogen-bond acceptors (Lipinski definition) is 5. The van der Waals surface area contributed by atoms with Gasteiger partial charge in [0, 0.05) is 24.9 Å². The van der Waals surface area contributed by atoms with Gasteiger partial charge in [-0.3, -0.25) is 9.59 Å². The zero-order valence-corrected chi connectivity index (χ0v) is 18.9. The molecule has 2 rings (SSSR count). The first-order chi connectivity index (χ1) is 14.1. The maximum atomic E-state index is 12.4. The van der Waals surface area contributed by atoms with E-state index in [1.807, 2.05) is 38.1 Å². The van der Waals surface area contributed by atoms with E-state index in [0.717, 1.165) is 16.8 Å². The SMILES string of the molecule is Cc1ccc(NC(=O)CSCCC(=O)N(C)C(C)c2ccc(S(N)(=O)=O)cc2)cc1. The van der Waals surface area contributed by atoms with Gasteiger partial charge in [0.05, 0.1) is 16.7 Å². The quantitative estimate of drug-likeness (QED) is 0.572. The number of rotatable bonds is 9. The van der Waals surface area contributed by atoms with E-state index in [4.69, 9.17) is 5.14 Å². The minimum absolute atomic E-state index is 0.0349. The van der Waals surface area contributed by atoms with Gasteiger partial charge in [0.25, 0.3) is 0 Å². The van der Waals surface area contributed by atoms with Crippen molar-refractivity contribution >= 4 is 39.3 Å². The number of benzene rings is 2. The minimum Gasteiger partial charge on any atom is -0.339 e. The Bertz CT molecular complexity index is 974. The van der Waals surface area contributed by atoms with Crippen LogP contribution in [0.4, 0.5) is 5.69 Å². The van der Waals surface area contributed by atoms with Crippen LogP contribution >= 0.6 is 11.8 Å².